The number of aliphatic hydroxyl groups excluding tert-OH is 3. The highest BCUT2D eigenvalue weighted by atomic mass is 19.1. The normalized spacial score (nSPS) is 27.9. The van der Waals surface area contributed by atoms with Crippen LogP contribution < -0.4 is 11.4 Å². The van der Waals surface area contributed by atoms with Gasteiger partial charge in [-0.3, -0.25) is 4.57 Å². The van der Waals surface area contributed by atoms with Crippen molar-refractivity contribution in [2.75, 3.05) is 12.3 Å². The summed E-state index contributed by atoms with van der Waals surface area (Å²) in [5.41, 5.74) is 4.11. The molecule has 1 heterocycles. The number of anilines is 1. The molecule has 98 valence electrons. The number of halogens is 1. The first-order valence-electron chi connectivity index (χ1n) is 5.17. The van der Waals surface area contributed by atoms with Gasteiger partial charge in [0.25, 0.3) is 0 Å². The van der Waals surface area contributed by atoms with Gasteiger partial charge in [0.05, 0.1) is 6.61 Å². The van der Waals surface area contributed by atoms with Crippen LogP contribution in [0.3, 0.4) is 0 Å². The Bertz CT molecular complexity index is 556. The predicted molar refractivity (Wildman–Crippen MR) is 59.2 cm³/mol. The molecule has 1 aromatic rings. The number of nitrogens with two attached hydrogens (primary N) is 1. The van der Waals surface area contributed by atoms with Crippen molar-refractivity contribution in [3.63, 3.8) is 0 Å². The van der Waals surface area contributed by atoms with E-state index in [1.165, 1.54) is 12.3 Å². The van der Waals surface area contributed by atoms with Crippen molar-refractivity contribution >= 4 is 5.82 Å². The van der Waals surface area contributed by atoms with Crippen LogP contribution in [-0.2, 0) is 0 Å². The van der Waals surface area contributed by atoms with Crippen LogP contribution in [0.25, 0.3) is 0 Å². The van der Waals surface area contributed by atoms with Gasteiger partial charge >= 0.3 is 5.69 Å². The van der Waals surface area contributed by atoms with E-state index in [0.717, 1.165) is 4.57 Å². The number of nitrogen functional groups attached to an aromatic ring is 1. The van der Waals surface area contributed by atoms with Crippen LogP contribution in [0.2, 0.25) is 0 Å². The minimum Gasteiger partial charge on any atom is -0.392 e. The first kappa shape index (κ1) is 12.7. The summed E-state index contributed by atoms with van der Waals surface area (Å²) in [5.74, 6) is -0.970. The Morgan fingerprint density at radius 3 is 2.67 bits per heavy atom. The SMILES string of the molecule is Nc1ccn([C@@H]2C(F)=C(CO)[C@@H](O)C2O)c(=O)n1. The molecular formula is C10H12FN3O4. The maximum Gasteiger partial charge on any atom is 0.350 e. The minimum atomic E-state index is -1.56. The zero-order valence-corrected chi connectivity index (χ0v) is 9.19. The number of hydrogen-bond acceptors (Lipinski definition) is 6. The summed E-state index contributed by atoms with van der Waals surface area (Å²) < 4.78 is 14.7. The molecule has 0 radical (unpaired) electrons. The standard InChI is InChI=1S/C10H12FN3O4/c11-6-4(3-15)8(16)9(17)7(6)14-2-1-5(12)13-10(14)18/h1-2,7-9,15-17H,3H2,(H2,12,13,18)/t7-,8-,9?/m1/s1. The number of aromatic nitrogens is 2. The minimum absolute atomic E-state index is 0.0314. The molecule has 1 aliphatic rings. The third-order valence-electron chi connectivity index (χ3n) is 2.89. The molecule has 1 unspecified atom stereocenters. The number of nitrogens with zero attached hydrogens (tertiary/aromatic N) is 2. The highest BCUT2D eigenvalue weighted by Crippen LogP contribution is 2.36. The lowest BCUT2D eigenvalue weighted by atomic mass is 10.1. The van der Waals surface area contributed by atoms with E-state index in [1.807, 2.05) is 0 Å². The van der Waals surface area contributed by atoms with Gasteiger partial charge in [-0.25, -0.2) is 9.18 Å². The molecule has 7 nitrogen and oxygen atoms in total. The van der Waals surface area contributed by atoms with Crippen LogP contribution in [-0.4, -0.2) is 43.7 Å². The van der Waals surface area contributed by atoms with Gasteiger partial charge in [0.15, 0.2) is 0 Å². The molecule has 5 N–H and O–H groups in total. The summed E-state index contributed by atoms with van der Waals surface area (Å²) in [5, 5.41) is 28.2. The molecule has 3 atom stereocenters. The number of hydrogen-bond donors (Lipinski definition) is 4. The van der Waals surface area contributed by atoms with Crippen LogP contribution in [0.5, 0.6) is 0 Å². The first-order chi connectivity index (χ1) is 8.47. The summed E-state index contributed by atoms with van der Waals surface area (Å²) >= 11 is 0. The Balaban J connectivity index is 2.51. The number of rotatable bonds is 2. The second kappa shape index (κ2) is 4.48. The highest BCUT2D eigenvalue weighted by Gasteiger charge is 2.43. The van der Waals surface area contributed by atoms with Crippen LogP contribution in [0.15, 0.2) is 28.5 Å². The molecule has 0 saturated heterocycles. The second-order valence-electron chi connectivity index (χ2n) is 3.95. The maximum absolute atomic E-state index is 13.9. The Labute approximate surface area is 101 Å². The van der Waals surface area contributed by atoms with E-state index in [4.69, 9.17) is 10.8 Å². The van der Waals surface area contributed by atoms with Crippen molar-refractivity contribution in [3.8, 4) is 0 Å². The Hall–Kier alpha value is -1.77. The summed E-state index contributed by atoms with van der Waals surface area (Å²) in [4.78, 5) is 15.0. The fourth-order valence-corrected chi connectivity index (χ4v) is 1.95. The van der Waals surface area contributed by atoms with E-state index in [2.05, 4.69) is 4.98 Å². The topological polar surface area (TPSA) is 122 Å². The van der Waals surface area contributed by atoms with Crippen molar-refractivity contribution in [2.24, 2.45) is 0 Å². The average molecular weight is 257 g/mol. The Morgan fingerprint density at radius 2 is 2.17 bits per heavy atom. The van der Waals surface area contributed by atoms with Gasteiger partial charge in [-0.15, -0.1) is 0 Å². The Kier molecular flexibility index (Phi) is 3.16. The second-order valence-corrected chi connectivity index (χ2v) is 3.95. The van der Waals surface area contributed by atoms with Gasteiger partial charge in [0.1, 0.15) is 29.9 Å². The molecule has 18 heavy (non-hydrogen) atoms. The van der Waals surface area contributed by atoms with Crippen LogP contribution in [0, 0.1) is 0 Å². The highest BCUT2D eigenvalue weighted by molar-refractivity contribution is 5.30. The molecule has 1 aliphatic carbocycles. The molecule has 0 aromatic carbocycles. The van der Waals surface area contributed by atoms with Gasteiger partial charge in [0.2, 0.25) is 0 Å². The van der Waals surface area contributed by atoms with E-state index < -0.39 is 36.4 Å². The molecule has 8 heteroatoms. The third-order valence-corrected chi connectivity index (χ3v) is 2.89. The van der Waals surface area contributed by atoms with Gasteiger partial charge < -0.3 is 21.1 Å². The van der Waals surface area contributed by atoms with Gasteiger partial charge in [0, 0.05) is 11.8 Å². The van der Waals surface area contributed by atoms with E-state index in [9.17, 15) is 19.4 Å². The zero-order valence-electron chi connectivity index (χ0n) is 9.19. The molecule has 0 amide bonds. The largest absolute Gasteiger partial charge is 0.392 e. The van der Waals surface area contributed by atoms with Crippen molar-refractivity contribution in [1.29, 1.82) is 0 Å². The van der Waals surface area contributed by atoms with Crippen molar-refractivity contribution in [2.45, 2.75) is 18.2 Å². The fourth-order valence-electron chi connectivity index (χ4n) is 1.95. The summed E-state index contributed by atoms with van der Waals surface area (Å²) in [6.45, 7) is -0.738. The van der Waals surface area contributed by atoms with Gasteiger partial charge in [-0.05, 0) is 6.07 Å². The molecule has 1 aromatic heterocycles. The van der Waals surface area contributed by atoms with Crippen molar-refractivity contribution < 1.29 is 19.7 Å². The summed E-state index contributed by atoms with van der Waals surface area (Å²) in [6, 6.07) is -0.132. The quantitative estimate of drug-likeness (QED) is 0.502. The van der Waals surface area contributed by atoms with Crippen molar-refractivity contribution in [1.82, 2.24) is 9.55 Å². The summed E-state index contributed by atoms with van der Waals surface area (Å²) in [7, 11) is 0. The molecule has 0 aliphatic heterocycles. The van der Waals surface area contributed by atoms with Crippen LogP contribution in [0.1, 0.15) is 6.04 Å². The lowest BCUT2D eigenvalue weighted by Crippen LogP contribution is -2.36. The van der Waals surface area contributed by atoms with E-state index in [1.54, 1.807) is 0 Å². The van der Waals surface area contributed by atoms with E-state index >= 15 is 0 Å². The molecule has 2 rings (SSSR count). The first-order valence-corrected chi connectivity index (χ1v) is 5.17. The fraction of sp³-hybridized carbons (Fsp3) is 0.400. The lowest BCUT2D eigenvalue weighted by Gasteiger charge is -2.19. The maximum atomic E-state index is 13.9. The molecule has 0 spiro atoms. The van der Waals surface area contributed by atoms with Crippen molar-refractivity contribution in [3.05, 3.63) is 34.1 Å². The molecule has 0 fully saturated rings. The smallest absolute Gasteiger partial charge is 0.350 e. The van der Waals surface area contributed by atoms with E-state index in [0.29, 0.717) is 0 Å². The van der Waals surface area contributed by atoms with Crippen LogP contribution >= 0.6 is 0 Å². The Morgan fingerprint density at radius 1 is 1.50 bits per heavy atom. The average Bonchev–Trinajstić information content (AvgIpc) is 2.52. The predicted octanol–water partition coefficient (Wildman–Crippen LogP) is -1.68. The van der Waals surface area contributed by atoms with Gasteiger partial charge in [-0.2, -0.15) is 4.98 Å². The number of aliphatic hydroxyl groups is 3. The third kappa shape index (κ3) is 1.80. The molecular weight excluding hydrogens is 245 g/mol. The van der Waals surface area contributed by atoms with Crippen LogP contribution in [0.4, 0.5) is 10.2 Å². The molecule has 0 bridgehead atoms. The van der Waals surface area contributed by atoms with E-state index in [-0.39, 0.29) is 11.4 Å². The lowest BCUT2D eigenvalue weighted by molar-refractivity contribution is 0.0244. The monoisotopic (exact) mass is 257 g/mol. The zero-order chi connectivity index (χ0) is 13.4. The summed E-state index contributed by atoms with van der Waals surface area (Å²) in [6.07, 6.45) is -1.94. The van der Waals surface area contributed by atoms with Gasteiger partial charge in [-0.1, -0.05) is 0 Å². The molecule has 0 saturated carbocycles.